The van der Waals surface area contributed by atoms with Crippen molar-refractivity contribution in [2.45, 2.75) is 0 Å². The van der Waals surface area contributed by atoms with Crippen LogP contribution in [0.2, 0.25) is 5.02 Å². The molecule has 0 unspecified atom stereocenters. The molecule has 0 aliphatic rings. The topological polar surface area (TPSA) is 59.4 Å². The van der Waals surface area contributed by atoms with Gasteiger partial charge < -0.3 is 9.84 Å². The van der Waals surface area contributed by atoms with E-state index in [0.29, 0.717) is 5.75 Å². The van der Waals surface area contributed by atoms with E-state index in [-0.39, 0.29) is 10.7 Å². The lowest BCUT2D eigenvalue weighted by Crippen LogP contribution is -2.00. The van der Waals surface area contributed by atoms with Gasteiger partial charge in [0.15, 0.2) is 5.75 Å². The zero-order chi connectivity index (χ0) is 9.14. The third-order valence-electron chi connectivity index (χ3n) is 1.26. The van der Waals surface area contributed by atoms with Crippen molar-refractivity contribution < 1.29 is 14.6 Å². The van der Waals surface area contributed by atoms with Crippen molar-refractivity contribution in [3.63, 3.8) is 0 Å². The average Bonchev–Trinajstić information content (AvgIpc) is 2.04. The van der Waals surface area contributed by atoms with Gasteiger partial charge in [-0.2, -0.15) is 0 Å². The number of hydrogen-bond acceptors (Lipinski definition) is 3. The Bertz CT molecular complexity index is 314. The summed E-state index contributed by atoms with van der Waals surface area (Å²) in [4.78, 5) is 14.0. The summed E-state index contributed by atoms with van der Waals surface area (Å²) >= 11 is 5.65. The fraction of sp³-hybridized carbons (Fsp3) is 0.143. The Balaban J connectivity index is 3.10. The minimum atomic E-state index is -1.11. The second-order valence-corrected chi connectivity index (χ2v) is 2.42. The molecule has 64 valence electrons. The van der Waals surface area contributed by atoms with Gasteiger partial charge in [-0.1, -0.05) is 11.6 Å². The molecule has 1 aromatic rings. The summed E-state index contributed by atoms with van der Waals surface area (Å²) in [5, 5.41) is 8.75. The van der Waals surface area contributed by atoms with Crippen LogP contribution < -0.4 is 4.74 Å². The van der Waals surface area contributed by atoms with Crippen molar-refractivity contribution in [1.29, 1.82) is 0 Å². The van der Waals surface area contributed by atoms with E-state index in [9.17, 15) is 4.79 Å². The van der Waals surface area contributed by atoms with Crippen LogP contribution in [0, 0.1) is 0 Å². The fourth-order valence-electron chi connectivity index (χ4n) is 0.685. The monoisotopic (exact) mass is 187 g/mol. The summed E-state index contributed by atoms with van der Waals surface area (Å²) in [6, 6.07) is 1.24. The Morgan fingerprint density at radius 3 is 2.83 bits per heavy atom. The van der Waals surface area contributed by atoms with Crippen LogP contribution in [0.25, 0.3) is 0 Å². The Morgan fingerprint density at radius 1 is 1.75 bits per heavy atom. The predicted molar refractivity (Wildman–Crippen MR) is 42.8 cm³/mol. The number of methoxy groups -OCH3 is 1. The van der Waals surface area contributed by atoms with E-state index in [0.717, 1.165) is 0 Å². The number of aromatic nitrogens is 1. The van der Waals surface area contributed by atoms with Gasteiger partial charge in [0, 0.05) is 0 Å². The number of carboxylic acids is 1. The molecule has 0 aromatic carbocycles. The Kier molecular flexibility index (Phi) is 2.50. The maximum atomic E-state index is 10.4. The molecule has 0 radical (unpaired) electrons. The first-order valence-corrected chi connectivity index (χ1v) is 3.45. The Labute approximate surface area is 73.8 Å². The molecule has 0 amide bonds. The summed E-state index contributed by atoms with van der Waals surface area (Å²) in [5.41, 5.74) is -0.0965. The summed E-state index contributed by atoms with van der Waals surface area (Å²) in [6.45, 7) is 0. The van der Waals surface area contributed by atoms with Crippen LogP contribution in [0.15, 0.2) is 12.3 Å². The number of hydrogen-bond donors (Lipinski definition) is 1. The standard InChI is InChI=1S/C7H6ClNO3/c1-12-6-3-9-5(7(10)11)2-4(6)8/h2-3H,1H3,(H,10,11). The Morgan fingerprint density at radius 2 is 2.42 bits per heavy atom. The van der Waals surface area contributed by atoms with E-state index in [2.05, 4.69) is 4.98 Å². The van der Waals surface area contributed by atoms with Crippen LogP contribution in [-0.4, -0.2) is 23.2 Å². The molecule has 0 atom stereocenters. The molecule has 1 rings (SSSR count). The second kappa shape index (κ2) is 3.40. The van der Waals surface area contributed by atoms with Crippen molar-refractivity contribution in [1.82, 2.24) is 4.98 Å². The number of halogens is 1. The zero-order valence-electron chi connectivity index (χ0n) is 6.24. The van der Waals surface area contributed by atoms with Crippen LogP contribution in [-0.2, 0) is 0 Å². The predicted octanol–water partition coefficient (Wildman–Crippen LogP) is 1.44. The first-order chi connectivity index (χ1) is 5.65. The van der Waals surface area contributed by atoms with E-state index >= 15 is 0 Å². The highest BCUT2D eigenvalue weighted by atomic mass is 35.5. The smallest absolute Gasteiger partial charge is 0.354 e. The van der Waals surface area contributed by atoms with Crippen LogP contribution in [0.5, 0.6) is 5.75 Å². The van der Waals surface area contributed by atoms with Crippen LogP contribution in [0.3, 0.4) is 0 Å². The van der Waals surface area contributed by atoms with E-state index in [1.54, 1.807) is 0 Å². The number of pyridine rings is 1. The minimum absolute atomic E-state index is 0.0965. The van der Waals surface area contributed by atoms with Gasteiger partial charge in [0.2, 0.25) is 0 Å². The van der Waals surface area contributed by atoms with Crippen LogP contribution in [0.4, 0.5) is 0 Å². The number of rotatable bonds is 2. The zero-order valence-corrected chi connectivity index (χ0v) is 7.00. The first-order valence-electron chi connectivity index (χ1n) is 3.08. The van der Waals surface area contributed by atoms with Gasteiger partial charge >= 0.3 is 5.97 Å². The fourth-order valence-corrected chi connectivity index (χ4v) is 0.915. The van der Waals surface area contributed by atoms with Crippen molar-refractivity contribution >= 4 is 17.6 Å². The number of carbonyl (C=O) groups is 1. The highest BCUT2D eigenvalue weighted by molar-refractivity contribution is 6.32. The lowest BCUT2D eigenvalue weighted by atomic mass is 10.3. The summed E-state index contributed by atoms with van der Waals surface area (Å²) < 4.78 is 4.79. The van der Waals surface area contributed by atoms with Crippen molar-refractivity contribution in [3.05, 3.63) is 23.0 Å². The lowest BCUT2D eigenvalue weighted by Gasteiger charge is -2.01. The largest absolute Gasteiger partial charge is 0.494 e. The molecule has 0 saturated heterocycles. The normalized spacial score (nSPS) is 9.50. The van der Waals surface area contributed by atoms with Crippen LogP contribution >= 0.6 is 11.6 Å². The lowest BCUT2D eigenvalue weighted by molar-refractivity contribution is 0.0690. The maximum absolute atomic E-state index is 10.4. The van der Waals surface area contributed by atoms with Crippen LogP contribution in [0.1, 0.15) is 10.5 Å². The quantitative estimate of drug-likeness (QED) is 0.761. The highest BCUT2D eigenvalue weighted by Gasteiger charge is 2.07. The number of aromatic carboxylic acids is 1. The molecule has 1 heterocycles. The third-order valence-corrected chi connectivity index (χ3v) is 1.55. The molecule has 0 aliphatic heterocycles. The SMILES string of the molecule is COc1cnc(C(=O)O)cc1Cl. The molecule has 0 bridgehead atoms. The number of ether oxygens (including phenoxy) is 1. The molecule has 0 aliphatic carbocycles. The first kappa shape index (κ1) is 8.80. The molecule has 12 heavy (non-hydrogen) atoms. The molecule has 1 aromatic heterocycles. The number of nitrogens with zero attached hydrogens (tertiary/aromatic N) is 1. The van der Waals surface area contributed by atoms with Crippen molar-refractivity contribution in [3.8, 4) is 5.75 Å². The summed E-state index contributed by atoms with van der Waals surface area (Å²) in [5.74, 6) is -0.749. The van der Waals surface area contributed by atoms with E-state index in [1.165, 1.54) is 19.4 Å². The molecule has 5 heteroatoms. The number of carboxylic acid groups (broad SMARTS) is 1. The minimum Gasteiger partial charge on any atom is -0.494 e. The van der Waals surface area contributed by atoms with Gasteiger partial charge in [-0.3, -0.25) is 0 Å². The summed E-state index contributed by atoms with van der Waals surface area (Å²) in [6.07, 6.45) is 1.27. The average molecular weight is 188 g/mol. The molecular formula is C7H6ClNO3. The van der Waals surface area contributed by atoms with E-state index in [1.807, 2.05) is 0 Å². The molecule has 1 N–H and O–H groups in total. The van der Waals surface area contributed by atoms with Gasteiger partial charge in [-0.25, -0.2) is 9.78 Å². The third kappa shape index (κ3) is 1.65. The molecule has 0 saturated carbocycles. The van der Waals surface area contributed by atoms with Crippen molar-refractivity contribution in [2.75, 3.05) is 7.11 Å². The summed E-state index contributed by atoms with van der Waals surface area (Å²) in [7, 11) is 1.43. The van der Waals surface area contributed by atoms with Gasteiger partial charge in [0.25, 0.3) is 0 Å². The molecule has 0 fully saturated rings. The van der Waals surface area contributed by atoms with Gasteiger partial charge in [-0.15, -0.1) is 0 Å². The van der Waals surface area contributed by atoms with E-state index < -0.39 is 5.97 Å². The molecule has 4 nitrogen and oxygen atoms in total. The Hall–Kier alpha value is -1.29. The van der Waals surface area contributed by atoms with Gasteiger partial charge in [0.05, 0.1) is 18.3 Å². The van der Waals surface area contributed by atoms with Gasteiger partial charge in [0.1, 0.15) is 5.69 Å². The molecule has 0 spiro atoms. The van der Waals surface area contributed by atoms with Gasteiger partial charge in [-0.05, 0) is 6.07 Å². The second-order valence-electron chi connectivity index (χ2n) is 2.01. The van der Waals surface area contributed by atoms with Crippen molar-refractivity contribution in [2.24, 2.45) is 0 Å². The maximum Gasteiger partial charge on any atom is 0.354 e. The van der Waals surface area contributed by atoms with E-state index in [4.69, 9.17) is 21.4 Å². The highest BCUT2D eigenvalue weighted by Crippen LogP contribution is 2.22. The molecular weight excluding hydrogens is 182 g/mol.